The first-order valence-corrected chi connectivity index (χ1v) is 6.19. The van der Waals surface area contributed by atoms with Crippen LogP contribution in [0.15, 0.2) is 5.10 Å². The summed E-state index contributed by atoms with van der Waals surface area (Å²) < 4.78 is 0. The van der Waals surface area contributed by atoms with Crippen molar-refractivity contribution in [3.8, 4) is 0 Å². The SMILES string of the molecule is CC(C)CC(CO)NC(=O)C1=NN(C)C(=O)CC1. The number of rotatable bonds is 5. The van der Waals surface area contributed by atoms with Crippen LogP contribution in [0.25, 0.3) is 0 Å². The standard InChI is InChI=1S/C12H21N3O3/c1-8(2)6-9(7-16)13-12(18)10-4-5-11(17)15(3)14-10/h8-9,16H,4-7H2,1-3H3,(H,13,18). The minimum absolute atomic E-state index is 0.0903. The van der Waals surface area contributed by atoms with Crippen LogP contribution in [0, 0.1) is 5.92 Å². The third kappa shape index (κ3) is 4.10. The van der Waals surface area contributed by atoms with E-state index in [1.165, 1.54) is 12.1 Å². The molecule has 0 aromatic rings. The number of hydrogen-bond acceptors (Lipinski definition) is 4. The molecule has 0 radical (unpaired) electrons. The second kappa shape index (κ2) is 6.49. The highest BCUT2D eigenvalue weighted by molar-refractivity contribution is 6.39. The normalized spacial score (nSPS) is 17.7. The van der Waals surface area contributed by atoms with Crippen LogP contribution in [-0.4, -0.2) is 47.3 Å². The molecule has 0 fully saturated rings. The molecule has 1 aliphatic rings. The number of carbonyl (C=O) groups excluding carboxylic acids is 2. The van der Waals surface area contributed by atoms with Crippen LogP contribution >= 0.6 is 0 Å². The van der Waals surface area contributed by atoms with Gasteiger partial charge in [-0.1, -0.05) is 13.8 Å². The molecular formula is C12H21N3O3. The van der Waals surface area contributed by atoms with Gasteiger partial charge in [-0.2, -0.15) is 5.10 Å². The van der Waals surface area contributed by atoms with Gasteiger partial charge in [0.1, 0.15) is 5.71 Å². The Morgan fingerprint density at radius 3 is 2.67 bits per heavy atom. The Balaban J connectivity index is 2.59. The van der Waals surface area contributed by atoms with Crippen LogP contribution in [-0.2, 0) is 9.59 Å². The lowest BCUT2D eigenvalue weighted by molar-refractivity contribution is -0.130. The molecule has 1 aliphatic heterocycles. The number of carbonyl (C=O) groups is 2. The molecular weight excluding hydrogens is 234 g/mol. The van der Waals surface area contributed by atoms with Gasteiger partial charge in [0.2, 0.25) is 5.91 Å². The molecule has 0 aliphatic carbocycles. The highest BCUT2D eigenvalue weighted by Crippen LogP contribution is 2.08. The third-order valence-corrected chi connectivity index (χ3v) is 2.78. The van der Waals surface area contributed by atoms with Gasteiger partial charge in [0.25, 0.3) is 5.91 Å². The van der Waals surface area contributed by atoms with E-state index in [0.717, 1.165) is 0 Å². The number of hydrogen-bond donors (Lipinski definition) is 2. The van der Waals surface area contributed by atoms with Gasteiger partial charge < -0.3 is 10.4 Å². The molecule has 102 valence electrons. The number of hydrazone groups is 1. The maximum atomic E-state index is 11.9. The molecule has 1 atom stereocenters. The Morgan fingerprint density at radius 2 is 2.17 bits per heavy atom. The monoisotopic (exact) mass is 255 g/mol. The summed E-state index contributed by atoms with van der Waals surface area (Å²) in [5, 5.41) is 17.1. The largest absolute Gasteiger partial charge is 0.394 e. The van der Waals surface area contributed by atoms with Crippen molar-refractivity contribution in [1.82, 2.24) is 10.3 Å². The number of aliphatic hydroxyl groups is 1. The summed E-state index contributed by atoms with van der Waals surface area (Å²) >= 11 is 0. The summed E-state index contributed by atoms with van der Waals surface area (Å²) in [5.41, 5.74) is 0.347. The van der Waals surface area contributed by atoms with Gasteiger partial charge in [0, 0.05) is 19.9 Å². The zero-order valence-corrected chi connectivity index (χ0v) is 11.1. The van der Waals surface area contributed by atoms with Crippen molar-refractivity contribution >= 4 is 17.5 Å². The third-order valence-electron chi connectivity index (χ3n) is 2.78. The Kier molecular flexibility index (Phi) is 5.27. The highest BCUT2D eigenvalue weighted by Gasteiger charge is 2.23. The van der Waals surface area contributed by atoms with Crippen molar-refractivity contribution in [3.05, 3.63) is 0 Å². The highest BCUT2D eigenvalue weighted by atomic mass is 16.3. The van der Waals surface area contributed by atoms with Gasteiger partial charge in [0.05, 0.1) is 12.6 Å². The number of nitrogens with one attached hydrogen (secondary N) is 1. The second-order valence-corrected chi connectivity index (χ2v) is 4.95. The predicted octanol–water partition coefficient (Wildman–Crippen LogP) is 0.118. The summed E-state index contributed by atoms with van der Waals surface area (Å²) in [6.07, 6.45) is 1.37. The van der Waals surface area contributed by atoms with E-state index >= 15 is 0 Å². The van der Waals surface area contributed by atoms with Crippen LogP contribution in [0.1, 0.15) is 33.1 Å². The van der Waals surface area contributed by atoms with Gasteiger partial charge in [-0.25, -0.2) is 5.01 Å². The molecule has 0 saturated carbocycles. The van der Waals surface area contributed by atoms with Gasteiger partial charge >= 0.3 is 0 Å². The zero-order chi connectivity index (χ0) is 13.7. The maximum absolute atomic E-state index is 11.9. The lowest BCUT2D eigenvalue weighted by Crippen LogP contribution is -2.44. The summed E-state index contributed by atoms with van der Waals surface area (Å²) in [7, 11) is 1.53. The molecule has 0 aromatic carbocycles. The Bertz CT molecular complexity index is 352. The lowest BCUT2D eigenvalue weighted by Gasteiger charge is -2.22. The van der Waals surface area contributed by atoms with Crippen LogP contribution in [0.2, 0.25) is 0 Å². The summed E-state index contributed by atoms with van der Waals surface area (Å²) in [6.45, 7) is 3.96. The molecule has 1 heterocycles. The van der Waals surface area contributed by atoms with Crippen molar-refractivity contribution in [2.24, 2.45) is 11.0 Å². The minimum atomic E-state index is -0.297. The second-order valence-electron chi connectivity index (χ2n) is 4.95. The first kappa shape index (κ1) is 14.6. The van der Waals surface area contributed by atoms with Crippen molar-refractivity contribution in [3.63, 3.8) is 0 Å². The first-order chi connectivity index (χ1) is 8.43. The molecule has 6 nitrogen and oxygen atoms in total. The molecule has 1 rings (SSSR count). The zero-order valence-electron chi connectivity index (χ0n) is 11.1. The summed E-state index contributed by atoms with van der Waals surface area (Å²) in [5.74, 6) is 0.00137. The molecule has 0 spiro atoms. The Hall–Kier alpha value is -1.43. The Labute approximate surface area is 107 Å². The van der Waals surface area contributed by atoms with Gasteiger partial charge in [-0.3, -0.25) is 9.59 Å². The van der Waals surface area contributed by atoms with Crippen molar-refractivity contribution < 1.29 is 14.7 Å². The van der Waals surface area contributed by atoms with E-state index < -0.39 is 0 Å². The maximum Gasteiger partial charge on any atom is 0.267 e. The molecule has 6 heteroatoms. The minimum Gasteiger partial charge on any atom is -0.394 e. The summed E-state index contributed by atoms with van der Waals surface area (Å²) in [4.78, 5) is 23.1. The van der Waals surface area contributed by atoms with Crippen LogP contribution in [0.3, 0.4) is 0 Å². The molecule has 0 bridgehead atoms. The van der Waals surface area contributed by atoms with E-state index in [2.05, 4.69) is 10.4 Å². The van der Waals surface area contributed by atoms with Gasteiger partial charge in [0.15, 0.2) is 0 Å². The van der Waals surface area contributed by atoms with E-state index in [1.807, 2.05) is 13.8 Å². The topological polar surface area (TPSA) is 82.0 Å². The van der Waals surface area contributed by atoms with Crippen LogP contribution in [0.4, 0.5) is 0 Å². The number of nitrogens with zero attached hydrogens (tertiary/aromatic N) is 2. The van der Waals surface area contributed by atoms with Crippen LogP contribution in [0.5, 0.6) is 0 Å². The van der Waals surface area contributed by atoms with Crippen molar-refractivity contribution in [1.29, 1.82) is 0 Å². The average molecular weight is 255 g/mol. The van der Waals surface area contributed by atoms with E-state index in [0.29, 0.717) is 30.9 Å². The van der Waals surface area contributed by atoms with Gasteiger partial charge in [-0.15, -0.1) is 0 Å². The van der Waals surface area contributed by atoms with Crippen LogP contribution < -0.4 is 5.32 Å². The fourth-order valence-electron chi connectivity index (χ4n) is 1.85. The summed E-state index contributed by atoms with van der Waals surface area (Å²) in [6, 6.07) is -0.261. The molecule has 2 N–H and O–H groups in total. The average Bonchev–Trinajstić information content (AvgIpc) is 2.31. The fourth-order valence-corrected chi connectivity index (χ4v) is 1.85. The van der Waals surface area contributed by atoms with E-state index in [1.54, 1.807) is 0 Å². The van der Waals surface area contributed by atoms with Gasteiger partial charge in [-0.05, 0) is 12.3 Å². The van der Waals surface area contributed by atoms with E-state index in [-0.39, 0.29) is 24.5 Å². The quantitative estimate of drug-likeness (QED) is 0.732. The smallest absolute Gasteiger partial charge is 0.267 e. The molecule has 2 amide bonds. The van der Waals surface area contributed by atoms with Crippen molar-refractivity contribution in [2.45, 2.75) is 39.2 Å². The molecule has 1 unspecified atom stereocenters. The Morgan fingerprint density at radius 1 is 1.50 bits per heavy atom. The van der Waals surface area contributed by atoms with Crippen molar-refractivity contribution in [2.75, 3.05) is 13.7 Å². The fraction of sp³-hybridized carbons (Fsp3) is 0.750. The molecule has 0 aromatic heterocycles. The predicted molar refractivity (Wildman–Crippen MR) is 67.9 cm³/mol. The molecule has 0 saturated heterocycles. The lowest BCUT2D eigenvalue weighted by atomic mass is 10.0. The van der Waals surface area contributed by atoms with E-state index in [9.17, 15) is 14.7 Å². The first-order valence-electron chi connectivity index (χ1n) is 6.19. The number of aliphatic hydroxyl groups excluding tert-OH is 1. The van der Waals surface area contributed by atoms with E-state index in [4.69, 9.17) is 0 Å². The number of amides is 2. The molecule has 18 heavy (non-hydrogen) atoms.